The number of amides is 2. The van der Waals surface area contributed by atoms with Gasteiger partial charge in [-0.25, -0.2) is 9.07 Å². The van der Waals surface area contributed by atoms with Crippen LogP contribution in [0.2, 0.25) is 0 Å². The van der Waals surface area contributed by atoms with E-state index in [1.807, 2.05) is 18.2 Å². The number of anilines is 1. The third-order valence-electron chi connectivity index (χ3n) is 6.54. The number of halogens is 1. The van der Waals surface area contributed by atoms with Gasteiger partial charge >= 0.3 is 0 Å². The highest BCUT2D eigenvalue weighted by atomic mass is 19.1. The molecule has 5 rings (SSSR count). The van der Waals surface area contributed by atoms with E-state index in [2.05, 4.69) is 15.6 Å². The maximum Gasteiger partial charge on any atom is 0.249 e. The fourth-order valence-electron chi connectivity index (χ4n) is 4.66. The van der Waals surface area contributed by atoms with E-state index < -0.39 is 23.7 Å². The standard InChI is InChI=1S/C28H28FN5O4/c1-37-25-11-5-4-10-24(25)34(26(35)18-33-23-9-3-2-8-22(23)31-32-33)27(19-12-14-20(29)15-13-19)28(36)30-17-21-7-6-16-38-21/h2-5,8-15,21,27H,6-7,16-18H2,1H3,(H,30,36)/t21-,27-/m0/s1. The minimum atomic E-state index is -1.12. The molecule has 0 bridgehead atoms. The second kappa shape index (κ2) is 11.4. The van der Waals surface area contributed by atoms with Crippen molar-refractivity contribution >= 4 is 28.5 Å². The van der Waals surface area contributed by atoms with E-state index in [0.717, 1.165) is 12.8 Å². The predicted molar refractivity (Wildman–Crippen MR) is 139 cm³/mol. The average Bonchev–Trinajstić information content (AvgIpc) is 3.61. The molecule has 1 aliphatic rings. The fraction of sp³-hybridized carbons (Fsp3) is 0.286. The van der Waals surface area contributed by atoms with Crippen LogP contribution in [0.4, 0.5) is 10.1 Å². The number of methoxy groups -OCH3 is 1. The molecule has 4 aromatic rings. The summed E-state index contributed by atoms with van der Waals surface area (Å²) >= 11 is 0. The van der Waals surface area contributed by atoms with Gasteiger partial charge in [-0.15, -0.1) is 5.10 Å². The zero-order chi connectivity index (χ0) is 26.5. The lowest BCUT2D eigenvalue weighted by Crippen LogP contribution is -2.46. The van der Waals surface area contributed by atoms with E-state index in [1.165, 1.54) is 41.0 Å². The van der Waals surface area contributed by atoms with Gasteiger partial charge in [-0.05, 0) is 54.8 Å². The van der Waals surface area contributed by atoms with Crippen LogP contribution in [-0.2, 0) is 20.9 Å². The number of hydrogen-bond acceptors (Lipinski definition) is 6. The van der Waals surface area contributed by atoms with E-state index in [4.69, 9.17) is 9.47 Å². The van der Waals surface area contributed by atoms with Crippen molar-refractivity contribution in [1.82, 2.24) is 20.3 Å². The Hall–Kier alpha value is -4.31. The van der Waals surface area contributed by atoms with Crippen LogP contribution in [0.3, 0.4) is 0 Å². The maximum absolute atomic E-state index is 14.1. The molecule has 0 aliphatic carbocycles. The number of fused-ring (bicyclic) bond motifs is 1. The maximum atomic E-state index is 14.1. The van der Waals surface area contributed by atoms with Gasteiger partial charge in [0.25, 0.3) is 0 Å². The number of ether oxygens (including phenoxy) is 2. The molecule has 1 fully saturated rings. The molecule has 1 N–H and O–H groups in total. The molecule has 3 aromatic carbocycles. The van der Waals surface area contributed by atoms with Gasteiger partial charge in [0.05, 0.1) is 24.4 Å². The van der Waals surface area contributed by atoms with Gasteiger partial charge in [-0.2, -0.15) is 0 Å². The molecule has 2 amide bonds. The number of carbonyl (C=O) groups excluding carboxylic acids is 2. The average molecular weight is 518 g/mol. The van der Waals surface area contributed by atoms with E-state index in [-0.39, 0.29) is 12.6 Å². The number of nitrogens with one attached hydrogen (secondary N) is 1. The number of para-hydroxylation sites is 3. The SMILES string of the molecule is COc1ccccc1N(C(=O)Cn1nnc2ccccc21)[C@H](C(=O)NC[C@@H]1CCCO1)c1ccc(F)cc1. The summed E-state index contributed by atoms with van der Waals surface area (Å²) in [5.41, 5.74) is 2.17. The Kier molecular flexibility index (Phi) is 7.60. The number of hydrogen-bond donors (Lipinski definition) is 1. The Morgan fingerprint density at radius 2 is 1.89 bits per heavy atom. The lowest BCUT2D eigenvalue weighted by molar-refractivity contribution is -0.127. The molecule has 196 valence electrons. The number of benzene rings is 3. The fourth-order valence-corrected chi connectivity index (χ4v) is 4.66. The van der Waals surface area contributed by atoms with Crippen molar-refractivity contribution in [1.29, 1.82) is 0 Å². The predicted octanol–water partition coefficient (Wildman–Crippen LogP) is 3.65. The van der Waals surface area contributed by atoms with Crippen LogP contribution in [0.15, 0.2) is 72.8 Å². The smallest absolute Gasteiger partial charge is 0.249 e. The Balaban J connectivity index is 1.56. The highest BCUT2D eigenvalue weighted by molar-refractivity contribution is 6.02. The highest BCUT2D eigenvalue weighted by Crippen LogP contribution is 2.35. The number of aromatic nitrogens is 3. The van der Waals surface area contributed by atoms with Crippen molar-refractivity contribution in [2.24, 2.45) is 0 Å². The topological polar surface area (TPSA) is 98.6 Å². The number of nitrogens with zero attached hydrogens (tertiary/aromatic N) is 4. The summed E-state index contributed by atoms with van der Waals surface area (Å²) in [6.45, 7) is 0.771. The summed E-state index contributed by atoms with van der Waals surface area (Å²) in [6.07, 6.45) is 1.68. The summed E-state index contributed by atoms with van der Waals surface area (Å²) in [5.74, 6) is -0.888. The van der Waals surface area contributed by atoms with Crippen LogP contribution >= 0.6 is 0 Å². The molecular weight excluding hydrogens is 489 g/mol. The van der Waals surface area contributed by atoms with Gasteiger partial charge in [0.15, 0.2) is 0 Å². The van der Waals surface area contributed by atoms with Crippen LogP contribution < -0.4 is 15.0 Å². The van der Waals surface area contributed by atoms with Crippen molar-refractivity contribution in [3.05, 3.63) is 84.2 Å². The molecule has 1 saturated heterocycles. The summed E-state index contributed by atoms with van der Waals surface area (Å²) in [7, 11) is 1.50. The number of carbonyl (C=O) groups is 2. The molecule has 0 radical (unpaired) electrons. The second-order valence-corrected chi connectivity index (χ2v) is 9.01. The van der Waals surface area contributed by atoms with E-state index in [9.17, 15) is 14.0 Å². The van der Waals surface area contributed by atoms with Gasteiger partial charge < -0.3 is 14.8 Å². The van der Waals surface area contributed by atoms with E-state index in [0.29, 0.717) is 41.2 Å². The first-order chi connectivity index (χ1) is 18.5. The van der Waals surface area contributed by atoms with Crippen LogP contribution in [0.25, 0.3) is 11.0 Å². The second-order valence-electron chi connectivity index (χ2n) is 9.01. The molecule has 2 heterocycles. The molecule has 10 heteroatoms. The lowest BCUT2D eigenvalue weighted by Gasteiger charge is -2.32. The zero-order valence-electron chi connectivity index (χ0n) is 20.9. The normalized spacial score (nSPS) is 15.8. The molecule has 0 saturated carbocycles. The molecule has 2 atom stereocenters. The summed E-state index contributed by atoms with van der Waals surface area (Å²) in [5, 5.41) is 11.2. The van der Waals surface area contributed by atoms with Gasteiger partial charge in [0.1, 0.15) is 29.7 Å². The molecule has 1 aromatic heterocycles. The highest BCUT2D eigenvalue weighted by Gasteiger charge is 2.35. The molecule has 0 spiro atoms. The third kappa shape index (κ3) is 5.35. The van der Waals surface area contributed by atoms with Crippen molar-refractivity contribution in [3.8, 4) is 5.75 Å². The van der Waals surface area contributed by atoms with Gasteiger partial charge in [-0.3, -0.25) is 14.5 Å². The molecule has 9 nitrogen and oxygen atoms in total. The molecule has 38 heavy (non-hydrogen) atoms. The summed E-state index contributed by atoms with van der Waals surface area (Å²) in [4.78, 5) is 29.2. The largest absolute Gasteiger partial charge is 0.495 e. The molecule has 1 aliphatic heterocycles. The summed E-state index contributed by atoms with van der Waals surface area (Å²) < 4.78 is 26.6. The van der Waals surface area contributed by atoms with Crippen LogP contribution in [0.5, 0.6) is 5.75 Å². The van der Waals surface area contributed by atoms with Gasteiger partial charge in [-0.1, -0.05) is 41.6 Å². The van der Waals surface area contributed by atoms with Crippen LogP contribution in [0.1, 0.15) is 24.4 Å². The van der Waals surface area contributed by atoms with E-state index >= 15 is 0 Å². The van der Waals surface area contributed by atoms with Gasteiger partial charge in [0.2, 0.25) is 11.8 Å². The Bertz CT molecular complexity index is 1420. The first-order valence-electron chi connectivity index (χ1n) is 12.4. The van der Waals surface area contributed by atoms with Crippen molar-refractivity contribution in [3.63, 3.8) is 0 Å². The monoisotopic (exact) mass is 517 g/mol. The Morgan fingerprint density at radius 3 is 2.66 bits per heavy atom. The van der Waals surface area contributed by atoms with Crippen LogP contribution in [-0.4, -0.2) is 53.2 Å². The Morgan fingerprint density at radius 1 is 1.13 bits per heavy atom. The van der Waals surface area contributed by atoms with Gasteiger partial charge in [0, 0.05) is 13.2 Å². The van der Waals surface area contributed by atoms with Crippen LogP contribution in [0, 0.1) is 5.82 Å². The molecule has 0 unspecified atom stereocenters. The minimum absolute atomic E-state index is 0.0928. The lowest BCUT2D eigenvalue weighted by atomic mass is 10.0. The third-order valence-corrected chi connectivity index (χ3v) is 6.54. The Labute approximate surface area is 219 Å². The van der Waals surface area contributed by atoms with Crippen molar-refractivity contribution < 1.29 is 23.5 Å². The van der Waals surface area contributed by atoms with Crippen molar-refractivity contribution in [2.75, 3.05) is 25.2 Å². The zero-order valence-corrected chi connectivity index (χ0v) is 20.9. The quantitative estimate of drug-likeness (QED) is 0.364. The minimum Gasteiger partial charge on any atom is -0.495 e. The van der Waals surface area contributed by atoms with Crippen molar-refractivity contribution in [2.45, 2.75) is 31.5 Å². The molecular formula is C28H28FN5O4. The first-order valence-corrected chi connectivity index (χ1v) is 12.4. The first kappa shape index (κ1) is 25.3. The number of rotatable bonds is 9. The van der Waals surface area contributed by atoms with E-state index in [1.54, 1.807) is 30.3 Å². The summed E-state index contributed by atoms with van der Waals surface area (Å²) in [6, 6.07) is 18.7.